The summed E-state index contributed by atoms with van der Waals surface area (Å²) in [5.41, 5.74) is 0.316. The fourth-order valence-corrected chi connectivity index (χ4v) is 4.48. The Hall–Kier alpha value is -0.0800. The van der Waals surface area contributed by atoms with Crippen molar-refractivity contribution in [1.82, 2.24) is 10.2 Å². The van der Waals surface area contributed by atoms with E-state index in [0.717, 1.165) is 18.4 Å². The maximum atomic E-state index is 3.94. The molecule has 0 aliphatic heterocycles. The van der Waals surface area contributed by atoms with Gasteiger partial charge in [-0.1, -0.05) is 40.5 Å². The number of nitrogens with zero attached hydrogens (tertiary/aromatic N) is 1. The zero-order valence-electron chi connectivity index (χ0n) is 14.8. The normalized spacial score (nSPS) is 25.9. The first-order valence-corrected chi connectivity index (χ1v) is 8.92. The number of nitrogens with one attached hydrogen (secondary N) is 1. The molecule has 1 aliphatic carbocycles. The van der Waals surface area contributed by atoms with Crippen LogP contribution in [0.2, 0.25) is 0 Å². The van der Waals surface area contributed by atoms with Crippen molar-refractivity contribution in [2.24, 2.45) is 11.8 Å². The van der Waals surface area contributed by atoms with Crippen molar-refractivity contribution >= 4 is 0 Å². The van der Waals surface area contributed by atoms with Crippen molar-refractivity contribution < 1.29 is 0 Å². The number of rotatable bonds is 8. The third-order valence-electron chi connectivity index (χ3n) is 5.76. The molecule has 1 aliphatic rings. The lowest BCUT2D eigenvalue weighted by atomic mass is 9.69. The first-order valence-electron chi connectivity index (χ1n) is 8.92. The summed E-state index contributed by atoms with van der Waals surface area (Å²) < 4.78 is 0. The molecule has 3 atom stereocenters. The van der Waals surface area contributed by atoms with E-state index in [-0.39, 0.29) is 0 Å². The molecule has 0 aromatic rings. The molecular weight excluding hydrogens is 244 g/mol. The van der Waals surface area contributed by atoms with Crippen LogP contribution in [0.1, 0.15) is 72.6 Å². The molecular formula is C18H38N2. The van der Waals surface area contributed by atoms with E-state index in [1.807, 2.05) is 0 Å². The highest BCUT2D eigenvalue weighted by Gasteiger charge is 2.42. The van der Waals surface area contributed by atoms with Crippen molar-refractivity contribution in [1.29, 1.82) is 0 Å². The SMILES string of the molecule is CCCNC(C1CCCC(C)C1)C(CC)(CC)N(C)C. The lowest BCUT2D eigenvalue weighted by molar-refractivity contribution is 0.0422. The maximum absolute atomic E-state index is 3.94. The van der Waals surface area contributed by atoms with Crippen LogP contribution in [-0.2, 0) is 0 Å². The Morgan fingerprint density at radius 3 is 2.25 bits per heavy atom. The van der Waals surface area contributed by atoms with Gasteiger partial charge >= 0.3 is 0 Å². The smallest absolute Gasteiger partial charge is 0.0353 e. The molecule has 1 saturated carbocycles. The van der Waals surface area contributed by atoms with Gasteiger partial charge in [-0.3, -0.25) is 0 Å². The Labute approximate surface area is 127 Å². The van der Waals surface area contributed by atoms with Gasteiger partial charge in [-0.15, -0.1) is 0 Å². The molecule has 1 N–H and O–H groups in total. The Balaban J connectivity index is 2.95. The summed E-state index contributed by atoms with van der Waals surface area (Å²) in [7, 11) is 4.56. The van der Waals surface area contributed by atoms with Crippen LogP contribution in [0.25, 0.3) is 0 Å². The van der Waals surface area contributed by atoms with Crippen LogP contribution in [0.5, 0.6) is 0 Å². The topological polar surface area (TPSA) is 15.3 Å². The molecule has 1 rings (SSSR count). The molecule has 2 heteroatoms. The number of likely N-dealkylation sites (N-methyl/N-ethyl adjacent to an activating group) is 1. The predicted octanol–water partition coefficient (Wildman–Crippen LogP) is 4.30. The molecule has 0 radical (unpaired) electrons. The molecule has 0 heterocycles. The quantitative estimate of drug-likeness (QED) is 0.714. The Morgan fingerprint density at radius 1 is 1.15 bits per heavy atom. The molecule has 20 heavy (non-hydrogen) atoms. The largest absolute Gasteiger partial charge is 0.312 e. The number of hydrogen-bond acceptors (Lipinski definition) is 2. The van der Waals surface area contributed by atoms with E-state index in [9.17, 15) is 0 Å². The minimum atomic E-state index is 0.316. The predicted molar refractivity (Wildman–Crippen MR) is 90.2 cm³/mol. The third kappa shape index (κ3) is 3.98. The first-order chi connectivity index (χ1) is 9.51. The lowest BCUT2D eigenvalue weighted by Crippen LogP contribution is -2.62. The molecule has 0 spiro atoms. The second-order valence-corrected chi connectivity index (χ2v) is 7.17. The van der Waals surface area contributed by atoms with Gasteiger partial charge in [-0.2, -0.15) is 0 Å². The Morgan fingerprint density at radius 2 is 1.80 bits per heavy atom. The van der Waals surface area contributed by atoms with Crippen molar-refractivity contribution in [3.05, 3.63) is 0 Å². The molecule has 0 aromatic heterocycles. The highest BCUT2D eigenvalue weighted by molar-refractivity contribution is 5.01. The Bertz CT molecular complexity index is 258. The molecule has 3 unspecified atom stereocenters. The summed E-state index contributed by atoms with van der Waals surface area (Å²) in [6.45, 7) is 10.6. The zero-order chi connectivity index (χ0) is 15.2. The summed E-state index contributed by atoms with van der Waals surface area (Å²) >= 11 is 0. The molecule has 0 bridgehead atoms. The fourth-order valence-electron chi connectivity index (χ4n) is 4.48. The van der Waals surface area contributed by atoms with Crippen LogP contribution in [0.15, 0.2) is 0 Å². The second-order valence-electron chi connectivity index (χ2n) is 7.17. The third-order valence-corrected chi connectivity index (χ3v) is 5.76. The molecule has 120 valence electrons. The summed E-state index contributed by atoms with van der Waals surface area (Å²) in [5.74, 6) is 1.76. The van der Waals surface area contributed by atoms with Crippen molar-refractivity contribution in [2.75, 3.05) is 20.6 Å². The molecule has 0 aromatic carbocycles. The lowest BCUT2D eigenvalue weighted by Gasteiger charge is -2.50. The van der Waals surface area contributed by atoms with Crippen molar-refractivity contribution in [3.63, 3.8) is 0 Å². The van der Waals surface area contributed by atoms with E-state index in [1.54, 1.807) is 0 Å². The van der Waals surface area contributed by atoms with E-state index in [1.165, 1.54) is 44.9 Å². The van der Waals surface area contributed by atoms with Gasteiger partial charge in [-0.25, -0.2) is 0 Å². The highest BCUT2D eigenvalue weighted by Crippen LogP contribution is 2.38. The van der Waals surface area contributed by atoms with Crippen molar-refractivity contribution in [2.45, 2.75) is 84.2 Å². The van der Waals surface area contributed by atoms with Crippen LogP contribution in [0, 0.1) is 11.8 Å². The van der Waals surface area contributed by atoms with Gasteiger partial charge in [-0.05, 0) is 64.6 Å². The first kappa shape index (κ1) is 18.0. The van der Waals surface area contributed by atoms with E-state index in [4.69, 9.17) is 0 Å². The number of hydrogen-bond donors (Lipinski definition) is 1. The summed E-state index contributed by atoms with van der Waals surface area (Å²) in [6, 6.07) is 0.648. The van der Waals surface area contributed by atoms with Gasteiger partial charge in [0, 0.05) is 11.6 Å². The highest BCUT2D eigenvalue weighted by atomic mass is 15.2. The molecule has 0 amide bonds. The van der Waals surface area contributed by atoms with Gasteiger partial charge in [0.1, 0.15) is 0 Å². The monoisotopic (exact) mass is 282 g/mol. The van der Waals surface area contributed by atoms with E-state index in [2.05, 4.69) is 52.0 Å². The van der Waals surface area contributed by atoms with Gasteiger partial charge in [0.2, 0.25) is 0 Å². The fraction of sp³-hybridized carbons (Fsp3) is 1.00. The van der Waals surface area contributed by atoms with Gasteiger partial charge in [0.15, 0.2) is 0 Å². The van der Waals surface area contributed by atoms with Crippen LogP contribution in [-0.4, -0.2) is 37.1 Å². The second kappa shape index (κ2) is 8.38. The van der Waals surface area contributed by atoms with Gasteiger partial charge < -0.3 is 10.2 Å². The van der Waals surface area contributed by atoms with Gasteiger partial charge in [0.05, 0.1) is 0 Å². The molecule has 1 fully saturated rings. The Kier molecular flexibility index (Phi) is 7.53. The summed E-state index contributed by atoms with van der Waals surface area (Å²) in [4.78, 5) is 2.50. The average molecular weight is 283 g/mol. The van der Waals surface area contributed by atoms with E-state index >= 15 is 0 Å². The van der Waals surface area contributed by atoms with Crippen LogP contribution < -0.4 is 5.32 Å². The van der Waals surface area contributed by atoms with Gasteiger partial charge in [0.25, 0.3) is 0 Å². The maximum Gasteiger partial charge on any atom is 0.0353 e. The standard InChI is InChI=1S/C18H38N2/c1-7-13-19-17(16-12-10-11-15(4)14-16)18(8-2,9-3)20(5)6/h15-17,19H,7-14H2,1-6H3. The molecule has 2 nitrogen and oxygen atoms in total. The zero-order valence-corrected chi connectivity index (χ0v) is 14.8. The summed E-state index contributed by atoms with van der Waals surface area (Å²) in [6.07, 6.45) is 9.40. The van der Waals surface area contributed by atoms with Crippen molar-refractivity contribution in [3.8, 4) is 0 Å². The van der Waals surface area contributed by atoms with Crippen LogP contribution in [0.4, 0.5) is 0 Å². The minimum Gasteiger partial charge on any atom is -0.312 e. The minimum absolute atomic E-state index is 0.316. The molecule has 0 saturated heterocycles. The van der Waals surface area contributed by atoms with E-state index in [0.29, 0.717) is 11.6 Å². The van der Waals surface area contributed by atoms with Crippen LogP contribution >= 0.6 is 0 Å². The van der Waals surface area contributed by atoms with E-state index < -0.39 is 0 Å². The summed E-state index contributed by atoms with van der Waals surface area (Å²) in [5, 5.41) is 3.94. The van der Waals surface area contributed by atoms with Crippen LogP contribution in [0.3, 0.4) is 0 Å². The average Bonchev–Trinajstić information content (AvgIpc) is 2.43.